The first-order valence-corrected chi connectivity index (χ1v) is 12.9. The van der Waals surface area contributed by atoms with Gasteiger partial charge in [0.05, 0.1) is 0 Å². The molecule has 3 aromatic rings. The SMILES string of the molecule is NC1C(=O)N2C(C(=O)OC(c3ccccc3)c3ccccc3)=C(/C=C/Sc3ncccn3)CS[C@H]12. The van der Waals surface area contributed by atoms with Crippen LogP contribution in [0.4, 0.5) is 0 Å². The monoisotopic (exact) mass is 502 g/mol. The van der Waals surface area contributed by atoms with E-state index in [4.69, 9.17) is 10.5 Å². The average molecular weight is 503 g/mol. The van der Waals surface area contributed by atoms with Crippen LogP contribution in [-0.4, -0.2) is 43.9 Å². The van der Waals surface area contributed by atoms with Crippen molar-refractivity contribution in [3.05, 3.63) is 113 Å². The molecule has 1 fully saturated rings. The van der Waals surface area contributed by atoms with Crippen molar-refractivity contribution in [1.29, 1.82) is 0 Å². The van der Waals surface area contributed by atoms with Gasteiger partial charge in [-0.25, -0.2) is 14.8 Å². The Morgan fingerprint density at radius 1 is 1.06 bits per heavy atom. The molecule has 0 spiro atoms. The Morgan fingerprint density at radius 3 is 2.31 bits per heavy atom. The zero-order valence-corrected chi connectivity index (χ0v) is 20.2. The van der Waals surface area contributed by atoms with Gasteiger partial charge in [-0.05, 0) is 34.3 Å². The van der Waals surface area contributed by atoms with Crippen LogP contribution in [0.1, 0.15) is 17.2 Å². The summed E-state index contributed by atoms with van der Waals surface area (Å²) in [5.41, 5.74) is 8.64. The second-order valence-electron chi connectivity index (χ2n) is 7.87. The standard InChI is InChI=1S/C26H22N4O3S2/c27-20-23(31)30-21(19(16-35-24(20)30)12-15-34-26-28-13-7-14-29-26)25(32)33-22(17-8-3-1-4-9-17)18-10-5-2-6-11-18/h1-15,20,22,24H,16,27H2/b15-12+/t20?,24-/m1/s1. The van der Waals surface area contributed by atoms with E-state index in [0.717, 1.165) is 11.1 Å². The first-order valence-electron chi connectivity index (χ1n) is 11.0. The highest BCUT2D eigenvalue weighted by Crippen LogP contribution is 2.41. The highest BCUT2D eigenvalue weighted by atomic mass is 32.2. The number of nitrogens with two attached hydrogens (primary N) is 1. The van der Waals surface area contributed by atoms with Gasteiger partial charge in [0.25, 0.3) is 0 Å². The number of esters is 1. The molecule has 3 heterocycles. The third-order valence-corrected chi connectivity index (χ3v) is 7.66. The largest absolute Gasteiger partial charge is 0.448 e. The Labute approximate surface area is 211 Å². The molecular formula is C26H22N4O3S2. The molecule has 2 N–H and O–H groups in total. The Kier molecular flexibility index (Phi) is 6.98. The van der Waals surface area contributed by atoms with Gasteiger partial charge in [0.2, 0.25) is 5.91 Å². The molecule has 0 radical (unpaired) electrons. The molecule has 2 aliphatic rings. The second-order valence-corrected chi connectivity index (χ2v) is 9.85. The van der Waals surface area contributed by atoms with Gasteiger partial charge in [0.15, 0.2) is 11.3 Å². The summed E-state index contributed by atoms with van der Waals surface area (Å²) in [4.78, 5) is 36.2. The maximum Gasteiger partial charge on any atom is 0.356 e. The number of benzene rings is 2. The number of rotatable bonds is 7. The number of aromatic nitrogens is 2. The van der Waals surface area contributed by atoms with E-state index in [-0.39, 0.29) is 17.0 Å². The minimum absolute atomic E-state index is 0.239. The molecule has 7 nitrogen and oxygen atoms in total. The number of ether oxygens (including phenoxy) is 1. The summed E-state index contributed by atoms with van der Waals surface area (Å²) >= 11 is 2.87. The molecule has 2 aromatic carbocycles. The van der Waals surface area contributed by atoms with Crippen molar-refractivity contribution in [1.82, 2.24) is 14.9 Å². The molecular weight excluding hydrogens is 480 g/mol. The van der Waals surface area contributed by atoms with Crippen molar-refractivity contribution in [3.8, 4) is 0 Å². The number of carbonyl (C=O) groups is 2. The number of hydrogen-bond donors (Lipinski definition) is 1. The zero-order valence-electron chi connectivity index (χ0n) is 18.6. The third-order valence-electron chi connectivity index (χ3n) is 5.65. The fourth-order valence-corrected chi connectivity index (χ4v) is 5.79. The van der Waals surface area contributed by atoms with Crippen LogP contribution >= 0.6 is 23.5 Å². The van der Waals surface area contributed by atoms with Crippen molar-refractivity contribution in [2.24, 2.45) is 5.73 Å². The summed E-state index contributed by atoms with van der Waals surface area (Å²) in [6.07, 6.45) is 4.53. The summed E-state index contributed by atoms with van der Waals surface area (Å²) in [5, 5.41) is 2.12. The predicted octanol–water partition coefficient (Wildman–Crippen LogP) is 3.91. The Morgan fingerprint density at radius 2 is 1.69 bits per heavy atom. The molecule has 1 amide bonds. The molecule has 0 aliphatic carbocycles. The van der Waals surface area contributed by atoms with E-state index in [1.54, 1.807) is 18.5 Å². The molecule has 5 rings (SSSR count). The van der Waals surface area contributed by atoms with Gasteiger partial charge < -0.3 is 10.5 Å². The number of amides is 1. The molecule has 1 aromatic heterocycles. The van der Waals surface area contributed by atoms with E-state index >= 15 is 0 Å². The van der Waals surface area contributed by atoms with Gasteiger partial charge in [0, 0.05) is 18.1 Å². The number of allylic oxidation sites excluding steroid dienone is 1. The van der Waals surface area contributed by atoms with Gasteiger partial charge in [0.1, 0.15) is 17.1 Å². The van der Waals surface area contributed by atoms with Crippen LogP contribution in [0.15, 0.2) is 107 Å². The molecule has 9 heteroatoms. The van der Waals surface area contributed by atoms with Crippen LogP contribution in [0.2, 0.25) is 0 Å². The smallest absolute Gasteiger partial charge is 0.356 e. The first kappa shape index (κ1) is 23.3. The fourth-order valence-electron chi connectivity index (χ4n) is 3.93. The number of hydrogen-bond acceptors (Lipinski definition) is 8. The van der Waals surface area contributed by atoms with Crippen molar-refractivity contribution in [3.63, 3.8) is 0 Å². The zero-order chi connectivity index (χ0) is 24.2. The van der Waals surface area contributed by atoms with Crippen LogP contribution in [0.5, 0.6) is 0 Å². The summed E-state index contributed by atoms with van der Waals surface area (Å²) in [7, 11) is 0. The predicted molar refractivity (Wildman–Crippen MR) is 136 cm³/mol. The third kappa shape index (κ3) is 4.88. The van der Waals surface area contributed by atoms with Gasteiger partial charge in [-0.3, -0.25) is 9.69 Å². The molecule has 2 atom stereocenters. The Bertz CT molecular complexity index is 1230. The maximum atomic E-state index is 13.7. The molecule has 176 valence electrons. The number of fused-ring (bicyclic) bond motifs is 1. The number of carbonyl (C=O) groups excluding carboxylic acids is 2. The van der Waals surface area contributed by atoms with E-state index in [9.17, 15) is 9.59 Å². The Hall–Kier alpha value is -3.40. The highest BCUT2D eigenvalue weighted by Gasteiger charge is 2.52. The first-order chi connectivity index (χ1) is 17.1. The lowest BCUT2D eigenvalue weighted by atomic mass is 10.0. The van der Waals surface area contributed by atoms with Crippen LogP contribution in [0.25, 0.3) is 0 Å². The lowest BCUT2D eigenvalue weighted by Crippen LogP contribution is -2.68. The summed E-state index contributed by atoms with van der Waals surface area (Å²) in [6.45, 7) is 0. The van der Waals surface area contributed by atoms with Crippen molar-refractivity contribution < 1.29 is 14.3 Å². The minimum Gasteiger partial charge on any atom is -0.448 e. The average Bonchev–Trinajstić information content (AvgIpc) is 2.92. The number of thioether (sulfide) groups is 2. The summed E-state index contributed by atoms with van der Waals surface area (Å²) in [5.74, 6) is -0.315. The van der Waals surface area contributed by atoms with Crippen LogP contribution in [0.3, 0.4) is 0 Å². The molecule has 2 aliphatic heterocycles. The highest BCUT2D eigenvalue weighted by molar-refractivity contribution is 8.02. The fraction of sp³-hybridized carbons (Fsp3) is 0.154. The summed E-state index contributed by atoms with van der Waals surface area (Å²) in [6, 6.07) is 20.2. The lowest BCUT2D eigenvalue weighted by Gasteiger charge is -2.48. The van der Waals surface area contributed by atoms with Crippen LogP contribution in [-0.2, 0) is 14.3 Å². The van der Waals surface area contributed by atoms with Crippen molar-refractivity contribution in [2.75, 3.05) is 5.75 Å². The lowest BCUT2D eigenvalue weighted by molar-refractivity contribution is -0.153. The van der Waals surface area contributed by atoms with E-state index in [0.29, 0.717) is 16.5 Å². The summed E-state index contributed by atoms with van der Waals surface area (Å²) < 4.78 is 6.09. The van der Waals surface area contributed by atoms with E-state index in [2.05, 4.69) is 9.97 Å². The van der Waals surface area contributed by atoms with Gasteiger partial charge in [-0.1, -0.05) is 72.4 Å². The molecule has 0 bridgehead atoms. The minimum atomic E-state index is -0.625. The van der Waals surface area contributed by atoms with Gasteiger partial charge in [-0.2, -0.15) is 0 Å². The van der Waals surface area contributed by atoms with E-state index in [1.165, 1.54) is 28.4 Å². The quantitative estimate of drug-likeness (QED) is 0.225. The number of nitrogens with zero attached hydrogens (tertiary/aromatic N) is 3. The molecule has 0 saturated carbocycles. The van der Waals surface area contributed by atoms with Gasteiger partial charge >= 0.3 is 5.97 Å². The van der Waals surface area contributed by atoms with Crippen LogP contribution < -0.4 is 5.73 Å². The van der Waals surface area contributed by atoms with Crippen LogP contribution in [0, 0.1) is 0 Å². The molecule has 1 unspecified atom stereocenters. The normalized spacial score (nSPS) is 19.6. The van der Waals surface area contributed by atoms with E-state index < -0.39 is 18.1 Å². The Balaban J connectivity index is 1.47. The topological polar surface area (TPSA) is 98.4 Å². The molecule has 1 saturated heterocycles. The number of β-lactam (4-membered cyclic amide) rings is 1. The second kappa shape index (κ2) is 10.5. The van der Waals surface area contributed by atoms with E-state index in [1.807, 2.05) is 72.1 Å². The maximum absolute atomic E-state index is 13.7. The molecule has 35 heavy (non-hydrogen) atoms. The van der Waals surface area contributed by atoms with Gasteiger partial charge in [-0.15, -0.1) is 11.8 Å². The van der Waals surface area contributed by atoms with Crippen molar-refractivity contribution >= 4 is 35.4 Å². The van der Waals surface area contributed by atoms with Crippen molar-refractivity contribution in [2.45, 2.75) is 22.7 Å².